The molecule has 0 bridgehead atoms. The van der Waals surface area contributed by atoms with Gasteiger partial charge in [-0.3, -0.25) is 4.79 Å². The molecule has 1 heterocycles. The van der Waals surface area contributed by atoms with Crippen molar-refractivity contribution in [3.05, 3.63) is 77.0 Å². The van der Waals surface area contributed by atoms with E-state index in [2.05, 4.69) is 49.6 Å². The maximum Gasteiger partial charge on any atom is 0.166 e. The van der Waals surface area contributed by atoms with Gasteiger partial charge < -0.3 is 4.57 Å². The number of rotatable bonds is 3. The zero-order valence-corrected chi connectivity index (χ0v) is 13.1. The smallest absolute Gasteiger partial charge is 0.166 e. The summed E-state index contributed by atoms with van der Waals surface area (Å²) in [7, 11) is 0. The Morgan fingerprint density at radius 3 is 2.09 bits per heavy atom. The number of nitrogens with zero attached hydrogens (tertiary/aromatic N) is 1. The lowest BCUT2D eigenvalue weighted by Crippen LogP contribution is -2.06. The summed E-state index contributed by atoms with van der Waals surface area (Å²) in [6.45, 7) is 6.29. The zero-order chi connectivity index (χ0) is 15.7. The van der Waals surface area contributed by atoms with Gasteiger partial charge in [-0.15, -0.1) is 0 Å². The normalized spacial score (nSPS) is 10.7. The van der Waals surface area contributed by atoms with Crippen molar-refractivity contribution in [2.75, 3.05) is 0 Å². The molecule has 0 spiro atoms. The summed E-state index contributed by atoms with van der Waals surface area (Å²) in [6, 6.07) is 18.4. The summed E-state index contributed by atoms with van der Waals surface area (Å²) >= 11 is 0. The van der Waals surface area contributed by atoms with Crippen LogP contribution in [-0.4, -0.2) is 10.9 Å². The molecule has 0 aliphatic carbocycles. The van der Waals surface area contributed by atoms with Crippen LogP contribution in [0, 0.1) is 20.8 Å². The lowest BCUT2D eigenvalue weighted by molar-refractivity contribution is 0.111. The van der Waals surface area contributed by atoms with E-state index >= 15 is 0 Å². The summed E-state index contributed by atoms with van der Waals surface area (Å²) in [5.74, 6) is 0. The fourth-order valence-electron chi connectivity index (χ4n) is 3.15. The highest BCUT2D eigenvalue weighted by molar-refractivity contribution is 5.79. The Balaban J connectivity index is 2.32. The Labute approximate surface area is 131 Å². The summed E-state index contributed by atoms with van der Waals surface area (Å²) in [5, 5.41) is 0. The predicted molar refractivity (Wildman–Crippen MR) is 90.8 cm³/mol. The van der Waals surface area contributed by atoms with Gasteiger partial charge in [0.25, 0.3) is 0 Å². The van der Waals surface area contributed by atoms with Crippen LogP contribution in [0.5, 0.6) is 0 Å². The highest BCUT2D eigenvalue weighted by atomic mass is 16.1. The van der Waals surface area contributed by atoms with Gasteiger partial charge in [-0.2, -0.15) is 0 Å². The van der Waals surface area contributed by atoms with Crippen LogP contribution in [0.25, 0.3) is 16.9 Å². The third-order valence-electron chi connectivity index (χ3n) is 3.96. The van der Waals surface area contributed by atoms with E-state index in [4.69, 9.17) is 0 Å². The van der Waals surface area contributed by atoms with Gasteiger partial charge in [0.2, 0.25) is 0 Å². The topological polar surface area (TPSA) is 22.0 Å². The van der Waals surface area contributed by atoms with Crippen LogP contribution in [0.2, 0.25) is 0 Å². The SMILES string of the molecule is Cc1cc(C)c(-n2c(C=O)ccc2-c2ccccc2)c(C)c1. The fraction of sp³-hybridized carbons (Fsp3) is 0.150. The van der Waals surface area contributed by atoms with Gasteiger partial charge in [0.1, 0.15) is 0 Å². The fourth-order valence-corrected chi connectivity index (χ4v) is 3.15. The molecule has 1 aromatic heterocycles. The lowest BCUT2D eigenvalue weighted by Gasteiger charge is -2.17. The quantitative estimate of drug-likeness (QED) is 0.630. The Bertz CT molecular complexity index is 805. The van der Waals surface area contributed by atoms with Crippen molar-refractivity contribution in [3.8, 4) is 16.9 Å². The Morgan fingerprint density at radius 1 is 0.864 bits per heavy atom. The maximum absolute atomic E-state index is 11.5. The first-order valence-corrected chi connectivity index (χ1v) is 7.42. The van der Waals surface area contributed by atoms with Crippen LogP contribution < -0.4 is 0 Å². The van der Waals surface area contributed by atoms with Crippen LogP contribution in [0.4, 0.5) is 0 Å². The zero-order valence-electron chi connectivity index (χ0n) is 13.1. The van der Waals surface area contributed by atoms with E-state index in [1.54, 1.807) is 0 Å². The second-order valence-corrected chi connectivity index (χ2v) is 5.71. The maximum atomic E-state index is 11.5. The molecule has 3 rings (SSSR count). The van der Waals surface area contributed by atoms with E-state index in [1.807, 2.05) is 30.3 Å². The van der Waals surface area contributed by atoms with Crippen LogP contribution in [0.3, 0.4) is 0 Å². The van der Waals surface area contributed by atoms with E-state index in [0.29, 0.717) is 5.69 Å². The van der Waals surface area contributed by atoms with Gasteiger partial charge in [-0.25, -0.2) is 0 Å². The number of carbonyl (C=O) groups excluding carboxylic acids is 1. The molecule has 110 valence electrons. The minimum Gasteiger partial charge on any atom is -0.306 e. The molecule has 0 radical (unpaired) electrons. The Hall–Kier alpha value is -2.61. The molecule has 0 fully saturated rings. The average Bonchev–Trinajstić information content (AvgIpc) is 2.91. The standard InChI is InChI=1S/C20H19NO/c1-14-11-15(2)20(16(3)12-14)21-18(13-22)9-10-19(21)17-7-5-4-6-8-17/h4-13H,1-3H3. The predicted octanol–water partition coefficient (Wildman–Crippen LogP) is 4.88. The van der Waals surface area contributed by atoms with E-state index < -0.39 is 0 Å². The van der Waals surface area contributed by atoms with Crippen molar-refractivity contribution in [2.45, 2.75) is 20.8 Å². The minimum absolute atomic E-state index is 0.675. The molecule has 3 aromatic rings. The highest BCUT2D eigenvalue weighted by Gasteiger charge is 2.15. The number of aryl methyl sites for hydroxylation is 3. The van der Waals surface area contributed by atoms with Gasteiger partial charge >= 0.3 is 0 Å². The van der Waals surface area contributed by atoms with Crippen molar-refractivity contribution < 1.29 is 4.79 Å². The van der Waals surface area contributed by atoms with Crippen LogP contribution in [0.15, 0.2) is 54.6 Å². The molecule has 2 nitrogen and oxygen atoms in total. The molecular formula is C20H19NO. The monoisotopic (exact) mass is 289 g/mol. The highest BCUT2D eigenvalue weighted by Crippen LogP contribution is 2.30. The van der Waals surface area contributed by atoms with Crippen LogP contribution >= 0.6 is 0 Å². The third-order valence-corrected chi connectivity index (χ3v) is 3.96. The van der Waals surface area contributed by atoms with E-state index in [0.717, 1.165) is 23.2 Å². The van der Waals surface area contributed by atoms with Crippen LogP contribution in [0.1, 0.15) is 27.2 Å². The first-order valence-electron chi connectivity index (χ1n) is 7.42. The minimum atomic E-state index is 0.675. The second-order valence-electron chi connectivity index (χ2n) is 5.71. The Kier molecular flexibility index (Phi) is 3.68. The van der Waals surface area contributed by atoms with Gasteiger partial charge in [0, 0.05) is 0 Å². The summed E-state index contributed by atoms with van der Waals surface area (Å²) in [5.41, 5.74) is 7.50. The van der Waals surface area contributed by atoms with Crippen molar-refractivity contribution in [3.63, 3.8) is 0 Å². The lowest BCUT2D eigenvalue weighted by atomic mass is 10.0. The van der Waals surface area contributed by atoms with Gasteiger partial charge in [-0.05, 0) is 49.6 Å². The number of benzene rings is 2. The molecule has 2 aromatic carbocycles. The molecule has 0 aliphatic rings. The van der Waals surface area contributed by atoms with Gasteiger partial charge in [-0.1, -0.05) is 48.0 Å². The molecule has 22 heavy (non-hydrogen) atoms. The molecule has 0 unspecified atom stereocenters. The first kappa shape index (κ1) is 14.3. The number of hydrogen-bond donors (Lipinski definition) is 0. The van der Waals surface area contributed by atoms with E-state index in [9.17, 15) is 4.79 Å². The summed E-state index contributed by atoms with van der Waals surface area (Å²) < 4.78 is 2.06. The molecule has 0 N–H and O–H groups in total. The van der Waals surface area contributed by atoms with Gasteiger partial charge in [0.15, 0.2) is 6.29 Å². The second kappa shape index (κ2) is 5.64. The average molecular weight is 289 g/mol. The number of hydrogen-bond acceptors (Lipinski definition) is 1. The Morgan fingerprint density at radius 2 is 1.50 bits per heavy atom. The van der Waals surface area contributed by atoms with E-state index in [1.165, 1.54) is 16.7 Å². The number of aldehydes is 1. The number of carbonyl (C=O) groups is 1. The molecule has 0 amide bonds. The van der Waals surface area contributed by atoms with Gasteiger partial charge in [0.05, 0.1) is 17.1 Å². The first-order chi connectivity index (χ1) is 10.6. The summed E-state index contributed by atoms with van der Waals surface area (Å²) in [4.78, 5) is 11.5. The largest absolute Gasteiger partial charge is 0.306 e. The molecule has 0 aliphatic heterocycles. The number of aromatic nitrogens is 1. The summed E-state index contributed by atoms with van der Waals surface area (Å²) in [6.07, 6.45) is 0.922. The molecule has 0 saturated heterocycles. The molecule has 0 atom stereocenters. The van der Waals surface area contributed by atoms with Crippen LogP contribution in [-0.2, 0) is 0 Å². The van der Waals surface area contributed by atoms with Crippen molar-refractivity contribution >= 4 is 6.29 Å². The van der Waals surface area contributed by atoms with Crippen molar-refractivity contribution in [2.24, 2.45) is 0 Å². The van der Waals surface area contributed by atoms with Crippen molar-refractivity contribution in [1.82, 2.24) is 4.57 Å². The molecule has 0 saturated carbocycles. The van der Waals surface area contributed by atoms with E-state index in [-0.39, 0.29) is 0 Å². The van der Waals surface area contributed by atoms with Crippen molar-refractivity contribution in [1.29, 1.82) is 0 Å². The third kappa shape index (κ3) is 2.37. The molecule has 2 heteroatoms. The molecular weight excluding hydrogens is 270 g/mol.